The lowest BCUT2D eigenvalue weighted by molar-refractivity contribution is -0.118. The van der Waals surface area contributed by atoms with Crippen molar-refractivity contribution in [2.75, 3.05) is 12.3 Å². The molecule has 1 saturated carbocycles. The van der Waals surface area contributed by atoms with E-state index in [9.17, 15) is 4.79 Å². The maximum Gasteiger partial charge on any atom is 0.229 e. The van der Waals surface area contributed by atoms with E-state index in [-0.39, 0.29) is 5.91 Å². The van der Waals surface area contributed by atoms with Crippen molar-refractivity contribution >= 4 is 17.7 Å². The lowest BCUT2D eigenvalue weighted by atomic mass is 10.0. The van der Waals surface area contributed by atoms with Gasteiger partial charge in [-0.2, -0.15) is 0 Å². The third-order valence-corrected chi connectivity index (χ3v) is 3.75. The summed E-state index contributed by atoms with van der Waals surface area (Å²) >= 11 is 1.83. The van der Waals surface area contributed by atoms with Crippen molar-refractivity contribution in [1.29, 1.82) is 0 Å². The molecule has 1 fully saturated rings. The van der Waals surface area contributed by atoms with E-state index in [0.29, 0.717) is 5.75 Å². The molecule has 0 aromatic heterocycles. The second-order valence-electron chi connectivity index (χ2n) is 3.52. The highest BCUT2D eigenvalue weighted by molar-refractivity contribution is 8.00. The molecule has 0 spiro atoms. The zero-order chi connectivity index (χ0) is 9.52. The maximum atomic E-state index is 11.2. The molecule has 3 heteroatoms. The highest BCUT2D eigenvalue weighted by atomic mass is 32.2. The number of carbonyl (C=O) groups excluding carboxylic acids is 1. The molecule has 1 aliphatic carbocycles. The Morgan fingerprint density at radius 1 is 1.38 bits per heavy atom. The van der Waals surface area contributed by atoms with Crippen LogP contribution in [0.25, 0.3) is 0 Å². The van der Waals surface area contributed by atoms with Gasteiger partial charge in [0.15, 0.2) is 0 Å². The standard InChI is InChI=1S/C10H19NOS/c1-2-11-10(12)8-13-9-6-4-3-5-7-9/h9H,2-8H2,1H3,(H,11,12). The summed E-state index contributed by atoms with van der Waals surface area (Å²) in [5.74, 6) is 0.844. The third-order valence-electron chi connectivity index (χ3n) is 2.38. The molecule has 1 rings (SSSR count). The van der Waals surface area contributed by atoms with Crippen LogP contribution in [-0.4, -0.2) is 23.5 Å². The predicted molar refractivity (Wildman–Crippen MR) is 58.0 cm³/mol. The van der Waals surface area contributed by atoms with E-state index in [1.54, 1.807) is 0 Å². The molecule has 0 aromatic rings. The van der Waals surface area contributed by atoms with E-state index < -0.39 is 0 Å². The summed E-state index contributed by atoms with van der Waals surface area (Å²) in [5, 5.41) is 3.57. The molecule has 0 aromatic carbocycles. The van der Waals surface area contributed by atoms with Crippen molar-refractivity contribution in [3.8, 4) is 0 Å². The molecule has 0 aliphatic heterocycles. The lowest BCUT2D eigenvalue weighted by Crippen LogP contribution is -2.25. The number of amides is 1. The van der Waals surface area contributed by atoms with Crippen LogP contribution >= 0.6 is 11.8 Å². The Labute approximate surface area is 84.9 Å². The number of hydrogen-bond acceptors (Lipinski definition) is 2. The molecule has 0 bridgehead atoms. The summed E-state index contributed by atoms with van der Waals surface area (Å²) in [7, 11) is 0. The molecule has 0 radical (unpaired) electrons. The molecule has 0 heterocycles. The van der Waals surface area contributed by atoms with E-state index in [2.05, 4.69) is 5.32 Å². The monoisotopic (exact) mass is 201 g/mol. The van der Waals surface area contributed by atoms with Gasteiger partial charge >= 0.3 is 0 Å². The van der Waals surface area contributed by atoms with E-state index in [1.165, 1.54) is 32.1 Å². The molecule has 2 nitrogen and oxygen atoms in total. The number of nitrogens with one attached hydrogen (secondary N) is 1. The van der Waals surface area contributed by atoms with Crippen molar-refractivity contribution < 1.29 is 4.79 Å². The van der Waals surface area contributed by atoms with Crippen molar-refractivity contribution in [2.45, 2.75) is 44.3 Å². The molecular weight excluding hydrogens is 182 g/mol. The minimum Gasteiger partial charge on any atom is -0.356 e. The Balaban J connectivity index is 2.06. The number of carbonyl (C=O) groups is 1. The SMILES string of the molecule is CCNC(=O)CSC1CCCCC1. The Morgan fingerprint density at radius 3 is 2.69 bits per heavy atom. The fourth-order valence-electron chi connectivity index (χ4n) is 1.67. The zero-order valence-electron chi connectivity index (χ0n) is 8.34. The van der Waals surface area contributed by atoms with Crippen molar-refractivity contribution in [1.82, 2.24) is 5.32 Å². The summed E-state index contributed by atoms with van der Waals surface area (Å²) in [6.45, 7) is 2.72. The minimum absolute atomic E-state index is 0.193. The normalized spacial score (nSPS) is 18.5. The van der Waals surface area contributed by atoms with Gasteiger partial charge in [-0.05, 0) is 19.8 Å². The predicted octanol–water partition coefficient (Wildman–Crippen LogP) is 2.19. The number of rotatable bonds is 4. The highest BCUT2D eigenvalue weighted by Gasteiger charge is 2.14. The molecule has 1 aliphatic rings. The summed E-state index contributed by atoms with van der Waals surface area (Å²) in [4.78, 5) is 11.2. The van der Waals surface area contributed by atoms with Crippen LogP contribution < -0.4 is 5.32 Å². The average Bonchev–Trinajstić information content (AvgIpc) is 2.17. The summed E-state index contributed by atoms with van der Waals surface area (Å²) in [5.41, 5.74) is 0. The average molecular weight is 201 g/mol. The minimum atomic E-state index is 0.193. The molecule has 1 amide bonds. The second kappa shape index (κ2) is 6.30. The number of hydrogen-bond donors (Lipinski definition) is 1. The van der Waals surface area contributed by atoms with Gasteiger partial charge < -0.3 is 5.32 Å². The van der Waals surface area contributed by atoms with E-state index in [4.69, 9.17) is 0 Å². The Morgan fingerprint density at radius 2 is 2.08 bits per heavy atom. The van der Waals surface area contributed by atoms with Crippen LogP contribution in [0.4, 0.5) is 0 Å². The molecular formula is C10H19NOS. The van der Waals surface area contributed by atoms with Gasteiger partial charge in [0.05, 0.1) is 5.75 Å². The first kappa shape index (κ1) is 10.9. The maximum absolute atomic E-state index is 11.2. The van der Waals surface area contributed by atoms with Gasteiger partial charge in [-0.25, -0.2) is 0 Å². The van der Waals surface area contributed by atoms with Crippen LogP contribution in [0.15, 0.2) is 0 Å². The van der Waals surface area contributed by atoms with Crippen molar-refractivity contribution in [3.05, 3.63) is 0 Å². The first-order chi connectivity index (χ1) is 6.33. The Hall–Kier alpha value is -0.180. The van der Waals surface area contributed by atoms with E-state index in [1.807, 2.05) is 18.7 Å². The van der Waals surface area contributed by atoms with Gasteiger partial charge in [0, 0.05) is 11.8 Å². The van der Waals surface area contributed by atoms with Crippen molar-refractivity contribution in [2.24, 2.45) is 0 Å². The third kappa shape index (κ3) is 4.55. The fraction of sp³-hybridized carbons (Fsp3) is 0.900. The quantitative estimate of drug-likeness (QED) is 0.755. The van der Waals surface area contributed by atoms with Crippen LogP contribution in [0.1, 0.15) is 39.0 Å². The van der Waals surface area contributed by atoms with Gasteiger partial charge in [0.25, 0.3) is 0 Å². The Kier molecular flexibility index (Phi) is 5.28. The second-order valence-corrected chi connectivity index (χ2v) is 4.81. The largest absolute Gasteiger partial charge is 0.356 e. The first-order valence-corrected chi connectivity index (χ1v) is 6.26. The molecule has 76 valence electrons. The lowest BCUT2D eigenvalue weighted by Gasteiger charge is -2.20. The fourth-order valence-corrected chi connectivity index (χ4v) is 2.83. The van der Waals surface area contributed by atoms with Crippen LogP contribution in [0.3, 0.4) is 0 Å². The van der Waals surface area contributed by atoms with Gasteiger partial charge in [-0.3, -0.25) is 4.79 Å². The zero-order valence-corrected chi connectivity index (χ0v) is 9.16. The topological polar surface area (TPSA) is 29.1 Å². The Bertz CT molecular complexity index is 155. The van der Waals surface area contributed by atoms with Crippen molar-refractivity contribution in [3.63, 3.8) is 0 Å². The van der Waals surface area contributed by atoms with Crippen LogP contribution in [0, 0.1) is 0 Å². The van der Waals surface area contributed by atoms with Gasteiger partial charge in [0.1, 0.15) is 0 Å². The highest BCUT2D eigenvalue weighted by Crippen LogP contribution is 2.27. The van der Waals surface area contributed by atoms with E-state index >= 15 is 0 Å². The van der Waals surface area contributed by atoms with Crippen LogP contribution in [0.2, 0.25) is 0 Å². The molecule has 1 N–H and O–H groups in total. The summed E-state index contributed by atoms with van der Waals surface area (Å²) < 4.78 is 0. The van der Waals surface area contributed by atoms with E-state index in [0.717, 1.165) is 11.8 Å². The molecule has 0 atom stereocenters. The van der Waals surface area contributed by atoms with Gasteiger partial charge in [0.2, 0.25) is 5.91 Å². The summed E-state index contributed by atoms with van der Waals surface area (Å²) in [6, 6.07) is 0. The molecule has 0 saturated heterocycles. The molecule has 0 unspecified atom stereocenters. The van der Waals surface area contributed by atoms with Crippen LogP contribution in [-0.2, 0) is 4.79 Å². The molecule has 13 heavy (non-hydrogen) atoms. The number of thioether (sulfide) groups is 1. The van der Waals surface area contributed by atoms with Crippen LogP contribution in [0.5, 0.6) is 0 Å². The van der Waals surface area contributed by atoms with Gasteiger partial charge in [-0.15, -0.1) is 11.8 Å². The smallest absolute Gasteiger partial charge is 0.229 e. The first-order valence-electron chi connectivity index (χ1n) is 5.21. The summed E-state index contributed by atoms with van der Waals surface area (Å²) in [6.07, 6.45) is 6.71. The van der Waals surface area contributed by atoms with Gasteiger partial charge in [-0.1, -0.05) is 19.3 Å².